The molecule has 0 saturated carbocycles. The summed E-state index contributed by atoms with van der Waals surface area (Å²) in [6.45, 7) is 4.63. The molecule has 2 aliphatic carbocycles. The molecule has 0 radical (unpaired) electrons. The molecule has 254 valence electrons. The monoisotopic (exact) mass is 681 g/mol. The van der Waals surface area contributed by atoms with E-state index >= 15 is 0 Å². The minimum atomic E-state index is -0.129. The zero-order chi connectivity index (χ0) is 34.8. The Balaban J connectivity index is 0.00000372. The molecule has 0 amide bonds. The first-order valence-electron chi connectivity index (χ1n) is 18.0. The molecule has 0 N–H and O–H groups in total. The van der Waals surface area contributed by atoms with Gasteiger partial charge in [0, 0.05) is 28.5 Å². The molecule has 0 aliphatic heterocycles. The lowest BCUT2D eigenvalue weighted by molar-refractivity contribution is 0.660. The fourth-order valence-corrected chi connectivity index (χ4v) is 8.37. The Hall–Kier alpha value is -6.45. The van der Waals surface area contributed by atoms with Crippen LogP contribution in [0.1, 0.15) is 43.5 Å². The van der Waals surface area contributed by atoms with Crippen LogP contribution in [0.15, 0.2) is 164 Å². The fraction of sp³-hybridized carbons (Fsp3) is 0.100. The van der Waals surface area contributed by atoms with E-state index in [9.17, 15) is 0 Å². The highest BCUT2D eigenvalue weighted by atomic mass is 15.0. The Bertz CT molecular complexity index is 2660. The number of benzene rings is 7. The second kappa shape index (κ2) is 12.6. The van der Waals surface area contributed by atoms with Crippen molar-refractivity contribution in [2.75, 3.05) is 0 Å². The number of fused-ring (bicyclic) bond motifs is 6. The normalized spacial score (nSPS) is 13.0. The highest BCUT2D eigenvalue weighted by molar-refractivity contribution is 5.89. The topological polar surface area (TPSA) is 38.7 Å². The molecular formula is C50H39N3. The summed E-state index contributed by atoms with van der Waals surface area (Å²) in [6.07, 6.45) is 0.819. The van der Waals surface area contributed by atoms with E-state index in [2.05, 4.69) is 172 Å². The minimum absolute atomic E-state index is 0. The minimum Gasteiger partial charge on any atom is -0.208 e. The zero-order valence-corrected chi connectivity index (χ0v) is 29.1. The summed E-state index contributed by atoms with van der Waals surface area (Å²) in [6, 6.07) is 58.5. The van der Waals surface area contributed by atoms with Crippen molar-refractivity contribution < 1.29 is 0 Å². The van der Waals surface area contributed by atoms with Crippen LogP contribution >= 0.6 is 0 Å². The van der Waals surface area contributed by atoms with Crippen molar-refractivity contribution >= 4 is 0 Å². The van der Waals surface area contributed by atoms with E-state index < -0.39 is 0 Å². The first kappa shape index (κ1) is 32.5. The van der Waals surface area contributed by atoms with Crippen LogP contribution in [0.5, 0.6) is 0 Å². The molecule has 0 fully saturated rings. The van der Waals surface area contributed by atoms with Gasteiger partial charge in [-0.3, -0.25) is 0 Å². The van der Waals surface area contributed by atoms with Crippen LogP contribution in [0.3, 0.4) is 0 Å². The average molecular weight is 682 g/mol. The number of rotatable bonds is 5. The van der Waals surface area contributed by atoms with Gasteiger partial charge in [0.25, 0.3) is 0 Å². The summed E-state index contributed by atoms with van der Waals surface area (Å²) in [7, 11) is 0. The SMILES string of the molecule is C.CC1(C)c2ccccc2-c2ccc(-c3nc(-c4ccc(-c5ccccc5)cc4)nc(-c4cccc5c4Cc4c(-c6ccccc6)cccc4-5)n3)cc21. The first-order chi connectivity index (χ1) is 25.5. The molecule has 3 heteroatoms. The van der Waals surface area contributed by atoms with Crippen LogP contribution in [0, 0.1) is 0 Å². The Morgan fingerprint density at radius 3 is 1.55 bits per heavy atom. The van der Waals surface area contributed by atoms with Gasteiger partial charge in [0.1, 0.15) is 0 Å². The van der Waals surface area contributed by atoms with E-state index in [1.807, 2.05) is 6.07 Å². The molecule has 1 aromatic heterocycles. The van der Waals surface area contributed by atoms with Gasteiger partial charge >= 0.3 is 0 Å². The third-order valence-corrected chi connectivity index (χ3v) is 11.0. The van der Waals surface area contributed by atoms with Crippen LogP contribution in [0.2, 0.25) is 0 Å². The highest BCUT2D eigenvalue weighted by Gasteiger charge is 2.35. The van der Waals surface area contributed by atoms with Crippen LogP contribution < -0.4 is 0 Å². The van der Waals surface area contributed by atoms with Crippen LogP contribution in [0.4, 0.5) is 0 Å². The third kappa shape index (κ3) is 5.31. The van der Waals surface area contributed by atoms with Gasteiger partial charge in [0.05, 0.1) is 0 Å². The first-order valence-corrected chi connectivity index (χ1v) is 18.0. The summed E-state index contributed by atoms with van der Waals surface area (Å²) < 4.78 is 0. The van der Waals surface area contributed by atoms with E-state index in [4.69, 9.17) is 15.0 Å². The van der Waals surface area contributed by atoms with Gasteiger partial charge in [-0.1, -0.05) is 179 Å². The van der Waals surface area contributed by atoms with Gasteiger partial charge in [0.2, 0.25) is 0 Å². The van der Waals surface area contributed by atoms with Crippen molar-refractivity contribution in [1.29, 1.82) is 0 Å². The second-order valence-electron chi connectivity index (χ2n) is 14.4. The second-order valence-corrected chi connectivity index (χ2v) is 14.4. The quantitative estimate of drug-likeness (QED) is 0.181. The van der Waals surface area contributed by atoms with Crippen molar-refractivity contribution in [2.45, 2.75) is 33.1 Å². The van der Waals surface area contributed by atoms with Crippen molar-refractivity contribution in [2.24, 2.45) is 0 Å². The lowest BCUT2D eigenvalue weighted by Crippen LogP contribution is -2.15. The molecule has 0 bridgehead atoms. The summed E-state index contributed by atoms with van der Waals surface area (Å²) in [5.41, 5.74) is 18.1. The Morgan fingerprint density at radius 2 is 0.830 bits per heavy atom. The molecule has 8 aromatic rings. The molecule has 1 heterocycles. The summed E-state index contributed by atoms with van der Waals surface area (Å²) in [5.74, 6) is 2.04. The molecule has 10 rings (SSSR count). The number of aromatic nitrogens is 3. The summed E-state index contributed by atoms with van der Waals surface area (Å²) in [5, 5.41) is 0. The summed E-state index contributed by atoms with van der Waals surface area (Å²) >= 11 is 0. The van der Waals surface area contributed by atoms with Crippen LogP contribution in [-0.2, 0) is 11.8 Å². The van der Waals surface area contributed by atoms with Gasteiger partial charge in [-0.25, -0.2) is 15.0 Å². The summed E-state index contributed by atoms with van der Waals surface area (Å²) in [4.78, 5) is 15.7. The van der Waals surface area contributed by atoms with Crippen molar-refractivity contribution in [3.8, 4) is 78.7 Å². The van der Waals surface area contributed by atoms with Crippen LogP contribution in [-0.4, -0.2) is 15.0 Å². The van der Waals surface area contributed by atoms with Gasteiger partial charge < -0.3 is 0 Å². The van der Waals surface area contributed by atoms with E-state index in [1.54, 1.807) is 0 Å². The van der Waals surface area contributed by atoms with E-state index in [-0.39, 0.29) is 12.8 Å². The average Bonchev–Trinajstić information content (AvgIpc) is 3.70. The fourth-order valence-electron chi connectivity index (χ4n) is 8.37. The lowest BCUT2D eigenvalue weighted by Gasteiger charge is -2.21. The third-order valence-electron chi connectivity index (χ3n) is 11.0. The standard InChI is InChI=1S/C49H35N3.CH4/c1-49(2)44-22-10-9-17-39(44)40-28-27-35(29-45(40)49)47-50-46(34-25-23-32(24-26-34)31-13-5-3-6-14-31)51-48(52-47)41-21-12-20-38-37-19-11-18-36(42(37)30-43(38)41)33-15-7-4-8-16-33;/h3-29H,30H2,1-2H3;1H4. The number of hydrogen-bond acceptors (Lipinski definition) is 3. The molecule has 7 aromatic carbocycles. The predicted octanol–water partition coefficient (Wildman–Crippen LogP) is 12.7. The van der Waals surface area contributed by atoms with Gasteiger partial charge in [0.15, 0.2) is 17.5 Å². The molecule has 0 saturated heterocycles. The van der Waals surface area contributed by atoms with Gasteiger partial charge in [-0.2, -0.15) is 0 Å². The molecule has 2 aliphatic rings. The van der Waals surface area contributed by atoms with Crippen molar-refractivity contribution in [1.82, 2.24) is 15.0 Å². The van der Waals surface area contributed by atoms with E-state index in [0.717, 1.165) is 28.7 Å². The Morgan fingerprint density at radius 1 is 0.358 bits per heavy atom. The van der Waals surface area contributed by atoms with Crippen molar-refractivity contribution in [3.05, 3.63) is 186 Å². The maximum Gasteiger partial charge on any atom is 0.164 e. The predicted molar refractivity (Wildman–Crippen MR) is 220 cm³/mol. The molecule has 53 heavy (non-hydrogen) atoms. The smallest absolute Gasteiger partial charge is 0.164 e. The zero-order valence-electron chi connectivity index (χ0n) is 29.1. The van der Waals surface area contributed by atoms with E-state index in [0.29, 0.717) is 17.5 Å². The molecule has 0 spiro atoms. The maximum atomic E-state index is 5.29. The Kier molecular flexibility index (Phi) is 7.74. The highest BCUT2D eigenvalue weighted by Crippen LogP contribution is 2.50. The van der Waals surface area contributed by atoms with Gasteiger partial charge in [-0.15, -0.1) is 0 Å². The largest absolute Gasteiger partial charge is 0.208 e. The van der Waals surface area contributed by atoms with E-state index in [1.165, 1.54) is 61.2 Å². The number of nitrogens with zero attached hydrogens (tertiary/aromatic N) is 3. The van der Waals surface area contributed by atoms with Gasteiger partial charge in [-0.05, 0) is 72.8 Å². The molecule has 0 atom stereocenters. The maximum absolute atomic E-state index is 5.29. The van der Waals surface area contributed by atoms with Crippen molar-refractivity contribution in [3.63, 3.8) is 0 Å². The molecule has 3 nitrogen and oxygen atoms in total. The van der Waals surface area contributed by atoms with Crippen LogP contribution in [0.25, 0.3) is 78.7 Å². The Labute approximate surface area is 311 Å². The molecule has 0 unspecified atom stereocenters. The molecular weight excluding hydrogens is 643 g/mol. The lowest BCUT2D eigenvalue weighted by atomic mass is 9.82. The number of hydrogen-bond donors (Lipinski definition) is 0.